The molecule has 0 heterocycles. The van der Waals surface area contributed by atoms with Gasteiger partial charge in [0.15, 0.2) is 0 Å². The first kappa shape index (κ1) is 15.2. The van der Waals surface area contributed by atoms with E-state index in [1.54, 1.807) is 18.9 Å². The summed E-state index contributed by atoms with van der Waals surface area (Å²) in [5, 5.41) is 0.728. The lowest BCUT2D eigenvalue weighted by Gasteiger charge is -2.10. The van der Waals surface area contributed by atoms with Gasteiger partial charge in [-0.15, -0.1) is 11.8 Å². The largest absolute Gasteiger partial charge is 0.496 e. The Morgan fingerprint density at radius 1 is 1.25 bits per heavy atom. The molecule has 20 heavy (non-hydrogen) atoms. The van der Waals surface area contributed by atoms with Crippen molar-refractivity contribution in [3.63, 3.8) is 0 Å². The van der Waals surface area contributed by atoms with Gasteiger partial charge in [-0.2, -0.15) is 0 Å². The molecule has 0 aliphatic carbocycles. The average Bonchev–Trinajstić information content (AvgIpc) is 2.45. The van der Waals surface area contributed by atoms with Crippen LogP contribution in [0.25, 0.3) is 0 Å². The minimum atomic E-state index is 0.0521. The van der Waals surface area contributed by atoms with E-state index in [0.29, 0.717) is 0 Å². The smallest absolute Gasteiger partial charge is 0.123 e. The summed E-state index contributed by atoms with van der Waals surface area (Å²) >= 11 is 7.79. The number of hydrogen-bond acceptors (Lipinski definition) is 3. The second kappa shape index (κ2) is 7.02. The minimum absolute atomic E-state index is 0.0521. The van der Waals surface area contributed by atoms with Crippen LogP contribution < -0.4 is 10.5 Å². The van der Waals surface area contributed by atoms with Crippen molar-refractivity contribution in [3.8, 4) is 5.75 Å². The number of methoxy groups -OCH3 is 1. The molecule has 0 amide bonds. The molecule has 0 aromatic heterocycles. The number of halogens is 1. The van der Waals surface area contributed by atoms with E-state index < -0.39 is 0 Å². The molecule has 2 aromatic carbocycles. The number of nitrogens with two attached hydrogens (primary N) is 1. The maximum Gasteiger partial charge on any atom is 0.123 e. The van der Waals surface area contributed by atoms with Crippen molar-refractivity contribution in [2.45, 2.75) is 23.6 Å². The van der Waals surface area contributed by atoms with Gasteiger partial charge in [-0.1, -0.05) is 23.7 Å². The highest BCUT2D eigenvalue weighted by Gasteiger charge is 2.06. The third-order valence-corrected chi connectivity index (χ3v) is 4.30. The third kappa shape index (κ3) is 3.92. The molecule has 2 rings (SSSR count). The van der Waals surface area contributed by atoms with Gasteiger partial charge < -0.3 is 10.5 Å². The summed E-state index contributed by atoms with van der Waals surface area (Å²) in [5.74, 6) is 1.68. The fraction of sp³-hybridized carbons (Fsp3) is 0.250. The van der Waals surface area contributed by atoms with Crippen LogP contribution in [0.2, 0.25) is 5.02 Å². The maximum atomic E-state index is 6.04. The van der Waals surface area contributed by atoms with Crippen LogP contribution in [-0.4, -0.2) is 7.11 Å². The number of thioether (sulfide) groups is 1. The van der Waals surface area contributed by atoms with Crippen LogP contribution in [0.4, 0.5) is 0 Å². The number of hydrogen-bond donors (Lipinski definition) is 1. The fourth-order valence-corrected chi connectivity index (χ4v) is 3.05. The first-order chi connectivity index (χ1) is 9.60. The fourth-order valence-electron chi connectivity index (χ4n) is 1.91. The second-order valence-electron chi connectivity index (χ2n) is 4.61. The van der Waals surface area contributed by atoms with Gasteiger partial charge in [0, 0.05) is 27.3 Å². The summed E-state index contributed by atoms with van der Waals surface area (Å²) in [7, 11) is 1.67. The zero-order chi connectivity index (χ0) is 14.5. The van der Waals surface area contributed by atoms with E-state index in [-0.39, 0.29) is 6.04 Å². The van der Waals surface area contributed by atoms with Crippen molar-refractivity contribution in [2.75, 3.05) is 7.11 Å². The first-order valence-corrected chi connectivity index (χ1v) is 7.77. The second-order valence-corrected chi connectivity index (χ2v) is 6.09. The molecule has 0 fully saturated rings. The van der Waals surface area contributed by atoms with Crippen LogP contribution >= 0.6 is 23.4 Å². The van der Waals surface area contributed by atoms with Gasteiger partial charge in [-0.05, 0) is 42.8 Å². The Hall–Kier alpha value is -1.16. The number of benzene rings is 2. The lowest BCUT2D eigenvalue weighted by atomic mass is 10.1. The normalized spacial score (nSPS) is 12.2. The predicted octanol–water partition coefficient (Wildman–Crippen LogP) is 4.66. The summed E-state index contributed by atoms with van der Waals surface area (Å²) in [4.78, 5) is 1.20. The van der Waals surface area contributed by atoms with Crippen molar-refractivity contribution in [1.29, 1.82) is 0 Å². The van der Waals surface area contributed by atoms with Crippen molar-refractivity contribution >= 4 is 23.4 Å². The first-order valence-electron chi connectivity index (χ1n) is 6.41. The molecule has 0 saturated heterocycles. The lowest BCUT2D eigenvalue weighted by molar-refractivity contribution is 0.411. The standard InChI is InChI=1S/C16H18ClNOS/c1-11(18)12-4-3-5-15(9-12)20-10-13-8-14(17)6-7-16(13)19-2/h3-9,11H,10,18H2,1-2H3. The van der Waals surface area contributed by atoms with E-state index in [1.807, 2.05) is 31.2 Å². The zero-order valence-electron chi connectivity index (χ0n) is 11.6. The molecule has 0 bridgehead atoms. The highest BCUT2D eigenvalue weighted by Crippen LogP contribution is 2.30. The molecule has 0 aliphatic heterocycles. The van der Waals surface area contributed by atoms with E-state index >= 15 is 0 Å². The van der Waals surface area contributed by atoms with Crippen molar-refractivity contribution in [3.05, 3.63) is 58.6 Å². The molecule has 2 N–H and O–H groups in total. The molecular formula is C16H18ClNOS. The van der Waals surface area contributed by atoms with Gasteiger partial charge >= 0.3 is 0 Å². The molecular weight excluding hydrogens is 290 g/mol. The Morgan fingerprint density at radius 3 is 2.75 bits per heavy atom. The number of ether oxygens (including phenoxy) is 1. The van der Waals surface area contributed by atoms with E-state index in [4.69, 9.17) is 22.1 Å². The van der Waals surface area contributed by atoms with Crippen LogP contribution in [0, 0.1) is 0 Å². The molecule has 1 atom stereocenters. The maximum absolute atomic E-state index is 6.04. The Balaban J connectivity index is 2.12. The van der Waals surface area contributed by atoms with Crippen LogP contribution in [-0.2, 0) is 5.75 Å². The van der Waals surface area contributed by atoms with Gasteiger partial charge in [0.2, 0.25) is 0 Å². The summed E-state index contributed by atoms with van der Waals surface area (Å²) in [6.07, 6.45) is 0. The summed E-state index contributed by atoms with van der Waals surface area (Å²) in [5.41, 5.74) is 8.15. The SMILES string of the molecule is COc1ccc(Cl)cc1CSc1cccc(C(C)N)c1. The van der Waals surface area contributed by atoms with E-state index in [1.165, 1.54) is 4.90 Å². The van der Waals surface area contributed by atoms with Crippen LogP contribution in [0.1, 0.15) is 24.1 Å². The van der Waals surface area contributed by atoms with E-state index in [0.717, 1.165) is 27.7 Å². The monoisotopic (exact) mass is 307 g/mol. The molecule has 0 spiro atoms. The molecule has 0 aliphatic rings. The molecule has 2 nitrogen and oxygen atoms in total. The summed E-state index contributed by atoms with van der Waals surface area (Å²) in [6, 6.07) is 14.0. The molecule has 4 heteroatoms. The van der Waals surface area contributed by atoms with Crippen LogP contribution in [0.15, 0.2) is 47.4 Å². The Morgan fingerprint density at radius 2 is 2.05 bits per heavy atom. The van der Waals surface area contributed by atoms with E-state index in [2.05, 4.69) is 18.2 Å². The quantitative estimate of drug-likeness (QED) is 0.816. The predicted molar refractivity (Wildman–Crippen MR) is 86.6 cm³/mol. The minimum Gasteiger partial charge on any atom is -0.496 e. The van der Waals surface area contributed by atoms with Gasteiger partial charge in [0.25, 0.3) is 0 Å². The molecule has 106 valence electrons. The van der Waals surface area contributed by atoms with Crippen LogP contribution in [0.3, 0.4) is 0 Å². The van der Waals surface area contributed by atoms with Gasteiger partial charge in [-0.25, -0.2) is 0 Å². The van der Waals surface area contributed by atoms with Crippen molar-refractivity contribution < 1.29 is 4.74 Å². The Kier molecular flexibility index (Phi) is 5.35. The molecule has 2 aromatic rings. The average molecular weight is 308 g/mol. The number of rotatable bonds is 5. The van der Waals surface area contributed by atoms with Gasteiger partial charge in [-0.3, -0.25) is 0 Å². The van der Waals surface area contributed by atoms with E-state index in [9.17, 15) is 0 Å². The highest BCUT2D eigenvalue weighted by atomic mass is 35.5. The highest BCUT2D eigenvalue weighted by molar-refractivity contribution is 7.98. The molecule has 0 radical (unpaired) electrons. The molecule has 0 saturated carbocycles. The summed E-state index contributed by atoms with van der Waals surface area (Å²) < 4.78 is 5.36. The third-order valence-electron chi connectivity index (χ3n) is 3.02. The Labute approximate surface area is 129 Å². The zero-order valence-corrected chi connectivity index (χ0v) is 13.2. The topological polar surface area (TPSA) is 35.2 Å². The van der Waals surface area contributed by atoms with Crippen molar-refractivity contribution in [2.24, 2.45) is 5.73 Å². The summed E-state index contributed by atoms with van der Waals surface area (Å²) in [6.45, 7) is 1.99. The van der Waals surface area contributed by atoms with Crippen LogP contribution in [0.5, 0.6) is 5.75 Å². The van der Waals surface area contributed by atoms with Gasteiger partial charge in [0.05, 0.1) is 7.11 Å². The van der Waals surface area contributed by atoms with Gasteiger partial charge in [0.1, 0.15) is 5.75 Å². The Bertz CT molecular complexity index is 586. The molecule has 1 unspecified atom stereocenters. The lowest BCUT2D eigenvalue weighted by Crippen LogP contribution is -2.04. The van der Waals surface area contributed by atoms with Crippen molar-refractivity contribution in [1.82, 2.24) is 0 Å².